The minimum absolute atomic E-state index is 0.215. The molecule has 3 rings (SSSR count). The maximum atomic E-state index is 11.9. The molecular weight excluding hydrogens is 242 g/mol. The van der Waals surface area contributed by atoms with Crippen molar-refractivity contribution in [2.24, 2.45) is 0 Å². The van der Waals surface area contributed by atoms with Gasteiger partial charge in [-0.2, -0.15) is 0 Å². The van der Waals surface area contributed by atoms with Crippen LogP contribution in [0.1, 0.15) is 44.5 Å². The Hall–Kier alpha value is -1.91. The lowest BCUT2D eigenvalue weighted by Gasteiger charge is -2.13. The van der Waals surface area contributed by atoms with Crippen molar-refractivity contribution in [1.29, 1.82) is 0 Å². The molecule has 0 aliphatic heterocycles. The van der Waals surface area contributed by atoms with Crippen LogP contribution >= 0.6 is 0 Å². The van der Waals surface area contributed by atoms with Crippen LogP contribution in [0.25, 0.3) is 11.0 Å². The monoisotopic (exact) mass is 259 g/mol. The summed E-state index contributed by atoms with van der Waals surface area (Å²) in [6, 6.07) is 2.43. The largest absolute Gasteiger partial charge is 0.465 e. The van der Waals surface area contributed by atoms with Crippen molar-refractivity contribution in [2.45, 2.75) is 38.6 Å². The molecule has 0 saturated heterocycles. The van der Waals surface area contributed by atoms with Crippen molar-refractivity contribution in [2.75, 3.05) is 6.61 Å². The highest BCUT2D eigenvalue weighted by atomic mass is 16.5. The van der Waals surface area contributed by atoms with Crippen molar-refractivity contribution in [3.63, 3.8) is 0 Å². The first kappa shape index (κ1) is 12.1. The fourth-order valence-electron chi connectivity index (χ4n) is 2.36. The van der Waals surface area contributed by atoms with E-state index in [0.29, 0.717) is 12.6 Å². The number of carbonyl (C=O) groups excluding carboxylic acids is 1. The van der Waals surface area contributed by atoms with Crippen molar-refractivity contribution in [3.05, 3.63) is 24.3 Å². The topological polar surface area (TPSA) is 57.0 Å². The lowest BCUT2D eigenvalue weighted by Crippen LogP contribution is -2.17. The molecule has 1 aliphatic carbocycles. The van der Waals surface area contributed by atoms with Crippen molar-refractivity contribution < 1.29 is 9.53 Å². The molecule has 2 heterocycles. The number of hydrogen-bond acceptors (Lipinski definition) is 4. The summed E-state index contributed by atoms with van der Waals surface area (Å²) < 4.78 is 7.28. The van der Waals surface area contributed by atoms with E-state index in [-0.39, 0.29) is 11.9 Å². The fraction of sp³-hybridized carbons (Fsp3) is 0.500. The van der Waals surface area contributed by atoms with Gasteiger partial charge in [-0.1, -0.05) is 0 Å². The van der Waals surface area contributed by atoms with E-state index in [1.165, 1.54) is 0 Å². The summed E-state index contributed by atoms with van der Waals surface area (Å²) in [6.07, 6.45) is 5.81. The Morgan fingerprint density at radius 3 is 3.05 bits per heavy atom. The summed E-state index contributed by atoms with van der Waals surface area (Å²) >= 11 is 0. The van der Waals surface area contributed by atoms with E-state index >= 15 is 0 Å². The molecule has 1 aliphatic rings. The second-order valence-corrected chi connectivity index (χ2v) is 4.91. The number of carbonyl (C=O) groups is 1. The number of ether oxygens (including phenoxy) is 1. The highest BCUT2D eigenvalue weighted by Crippen LogP contribution is 2.40. The maximum Gasteiger partial charge on any atom is 0.316 e. The molecule has 1 atom stereocenters. The minimum Gasteiger partial charge on any atom is -0.465 e. The van der Waals surface area contributed by atoms with Crippen molar-refractivity contribution in [3.8, 4) is 0 Å². The van der Waals surface area contributed by atoms with Crippen LogP contribution in [-0.4, -0.2) is 27.1 Å². The van der Waals surface area contributed by atoms with Crippen molar-refractivity contribution >= 4 is 17.0 Å². The van der Waals surface area contributed by atoms with Gasteiger partial charge in [0.05, 0.1) is 18.3 Å². The summed E-state index contributed by atoms with van der Waals surface area (Å²) in [4.78, 5) is 20.6. The quantitative estimate of drug-likeness (QED) is 0.791. The smallest absolute Gasteiger partial charge is 0.316 e. The fourth-order valence-corrected chi connectivity index (χ4v) is 2.36. The second kappa shape index (κ2) is 4.64. The molecule has 5 heteroatoms. The van der Waals surface area contributed by atoms with Gasteiger partial charge in [0.1, 0.15) is 17.3 Å². The predicted molar refractivity (Wildman–Crippen MR) is 70.8 cm³/mol. The Labute approximate surface area is 111 Å². The third kappa shape index (κ3) is 2.09. The van der Waals surface area contributed by atoms with Crippen molar-refractivity contribution in [1.82, 2.24) is 14.5 Å². The van der Waals surface area contributed by atoms with E-state index in [0.717, 1.165) is 29.7 Å². The summed E-state index contributed by atoms with van der Waals surface area (Å²) in [5, 5.41) is 0. The molecule has 1 fully saturated rings. The van der Waals surface area contributed by atoms with Gasteiger partial charge in [-0.25, -0.2) is 4.98 Å². The third-order valence-corrected chi connectivity index (χ3v) is 3.46. The van der Waals surface area contributed by atoms with Crippen LogP contribution < -0.4 is 0 Å². The Morgan fingerprint density at radius 2 is 2.37 bits per heavy atom. The van der Waals surface area contributed by atoms with E-state index in [9.17, 15) is 4.79 Å². The molecule has 100 valence electrons. The van der Waals surface area contributed by atoms with Gasteiger partial charge >= 0.3 is 5.97 Å². The Morgan fingerprint density at radius 1 is 1.58 bits per heavy atom. The average molecular weight is 259 g/mol. The van der Waals surface area contributed by atoms with Crippen LogP contribution in [0, 0.1) is 0 Å². The molecule has 0 N–H and O–H groups in total. The maximum absolute atomic E-state index is 11.9. The number of pyridine rings is 1. The Bertz CT molecular complexity index is 616. The molecule has 0 radical (unpaired) electrons. The van der Waals surface area contributed by atoms with Crippen LogP contribution in [-0.2, 0) is 9.53 Å². The molecule has 0 bridgehead atoms. The van der Waals surface area contributed by atoms with E-state index in [1.807, 2.05) is 19.9 Å². The van der Waals surface area contributed by atoms with Gasteiger partial charge < -0.3 is 9.30 Å². The van der Waals surface area contributed by atoms with Gasteiger partial charge in [-0.05, 0) is 32.8 Å². The standard InChI is InChI=1S/C14H17N3O2/c1-3-19-14(18)9(2)13-16-11-8-15-7-6-12(11)17(13)10-4-5-10/h6-10H,3-5H2,1-2H3. The van der Waals surface area contributed by atoms with E-state index < -0.39 is 0 Å². The zero-order valence-electron chi connectivity index (χ0n) is 11.2. The SMILES string of the molecule is CCOC(=O)C(C)c1nc2cnccc2n1C1CC1. The first-order chi connectivity index (χ1) is 9.22. The Kier molecular flexibility index (Phi) is 2.97. The van der Waals surface area contributed by atoms with Gasteiger partial charge in [0.25, 0.3) is 0 Å². The number of imidazole rings is 1. The van der Waals surface area contributed by atoms with Crippen LogP contribution in [0.4, 0.5) is 0 Å². The van der Waals surface area contributed by atoms with E-state index in [2.05, 4.69) is 14.5 Å². The van der Waals surface area contributed by atoms with Gasteiger partial charge in [-0.15, -0.1) is 0 Å². The van der Waals surface area contributed by atoms with Gasteiger partial charge in [0.15, 0.2) is 0 Å². The number of rotatable bonds is 4. The summed E-state index contributed by atoms with van der Waals surface area (Å²) in [6.45, 7) is 4.07. The second-order valence-electron chi connectivity index (χ2n) is 4.91. The van der Waals surface area contributed by atoms with Crippen LogP contribution in [0.5, 0.6) is 0 Å². The molecule has 0 aromatic carbocycles. The van der Waals surface area contributed by atoms with Gasteiger partial charge in [0, 0.05) is 12.2 Å². The zero-order valence-corrected chi connectivity index (χ0v) is 11.2. The summed E-state index contributed by atoms with van der Waals surface area (Å²) in [5.74, 6) is 0.240. The number of esters is 1. The van der Waals surface area contributed by atoms with Crippen LogP contribution in [0.3, 0.4) is 0 Å². The molecule has 0 spiro atoms. The molecule has 2 aromatic heterocycles. The zero-order chi connectivity index (χ0) is 13.4. The third-order valence-electron chi connectivity index (χ3n) is 3.46. The first-order valence-corrected chi connectivity index (χ1v) is 6.70. The van der Waals surface area contributed by atoms with E-state index in [4.69, 9.17) is 4.74 Å². The first-order valence-electron chi connectivity index (χ1n) is 6.70. The van der Waals surface area contributed by atoms with Gasteiger partial charge in [-0.3, -0.25) is 9.78 Å². The number of fused-ring (bicyclic) bond motifs is 1. The molecular formula is C14H17N3O2. The molecule has 19 heavy (non-hydrogen) atoms. The average Bonchev–Trinajstić information content (AvgIpc) is 3.18. The number of nitrogens with zero attached hydrogens (tertiary/aromatic N) is 3. The van der Waals surface area contributed by atoms with Gasteiger partial charge in [0.2, 0.25) is 0 Å². The molecule has 1 unspecified atom stereocenters. The molecule has 2 aromatic rings. The molecule has 0 amide bonds. The molecule has 5 nitrogen and oxygen atoms in total. The van der Waals surface area contributed by atoms with E-state index in [1.54, 1.807) is 12.4 Å². The molecule has 1 saturated carbocycles. The number of aromatic nitrogens is 3. The number of hydrogen-bond donors (Lipinski definition) is 0. The highest BCUT2D eigenvalue weighted by molar-refractivity contribution is 5.80. The predicted octanol–water partition coefficient (Wildman–Crippen LogP) is 2.43. The minimum atomic E-state index is -0.340. The summed E-state index contributed by atoms with van der Waals surface area (Å²) in [5.41, 5.74) is 1.91. The van der Waals surface area contributed by atoms with Crippen LogP contribution in [0.2, 0.25) is 0 Å². The lowest BCUT2D eigenvalue weighted by atomic mass is 10.1. The van der Waals surface area contributed by atoms with Crippen LogP contribution in [0.15, 0.2) is 18.5 Å². The normalized spacial score (nSPS) is 16.5. The summed E-state index contributed by atoms with van der Waals surface area (Å²) in [7, 11) is 0. The lowest BCUT2D eigenvalue weighted by molar-refractivity contribution is -0.144. The highest BCUT2D eigenvalue weighted by Gasteiger charge is 2.32. The Balaban J connectivity index is 2.07.